The summed E-state index contributed by atoms with van der Waals surface area (Å²) in [4.78, 5) is 0. The lowest BCUT2D eigenvalue weighted by atomic mass is 10.3. The van der Waals surface area contributed by atoms with E-state index >= 15 is 0 Å². The van der Waals surface area contributed by atoms with Crippen LogP contribution in [0.4, 0.5) is 17.6 Å². The monoisotopic (exact) mass is 221 g/mol. The summed E-state index contributed by atoms with van der Waals surface area (Å²) in [6.07, 6.45) is 0. The Kier molecular flexibility index (Phi) is 2.28. The predicted octanol–water partition coefficient (Wildman–Crippen LogP) is 0.552. The second-order valence-electron chi connectivity index (χ2n) is 3.24. The van der Waals surface area contributed by atoms with Gasteiger partial charge in [0.05, 0.1) is 5.69 Å². The van der Waals surface area contributed by atoms with Gasteiger partial charge in [-0.05, 0) is 12.1 Å². The average molecular weight is 221 g/mol. The predicted molar refractivity (Wildman–Crippen MR) is 58.5 cm³/mol. The fourth-order valence-electron chi connectivity index (χ4n) is 1.20. The zero-order chi connectivity index (χ0) is 11.7. The molecular formula is C9H11N5O2. The van der Waals surface area contributed by atoms with Crippen LogP contribution in [0.15, 0.2) is 18.2 Å². The van der Waals surface area contributed by atoms with Crippen LogP contribution in [0.3, 0.4) is 0 Å². The summed E-state index contributed by atoms with van der Waals surface area (Å²) in [7, 11) is 1.68. The highest BCUT2D eigenvalue weighted by Crippen LogP contribution is 2.33. The van der Waals surface area contributed by atoms with E-state index in [4.69, 9.17) is 5.73 Å². The largest absolute Gasteiger partial charge is 0.504 e. The van der Waals surface area contributed by atoms with Crippen LogP contribution < -0.4 is 11.1 Å². The second kappa shape index (κ2) is 3.61. The van der Waals surface area contributed by atoms with Gasteiger partial charge in [-0.2, -0.15) is 0 Å². The van der Waals surface area contributed by atoms with E-state index in [1.54, 1.807) is 19.2 Å². The summed E-state index contributed by atoms with van der Waals surface area (Å²) in [6, 6.07) is 4.57. The highest BCUT2D eigenvalue weighted by molar-refractivity contribution is 5.66. The van der Waals surface area contributed by atoms with Gasteiger partial charge in [-0.15, -0.1) is 10.2 Å². The number of phenolic OH excluding ortho intramolecular Hbond substituents is 2. The molecule has 0 amide bonds. The quantitative estimate of drug-likeness (QED) is 0.551. The molecule has 0 bridgehead atoms. The standard InChI is InChI=1S/C9H11N5O2/c1-14-8(10)12-13-9(14)11-5-3-2-4-6(15)7(5)16/h2-4,15-16H,1H3,(H2,10,12)(H,11,13). The summed E-state index contributed by atoms with van der Waals surface area (Å²) < 4.78 is 1.52. The number of nitrogens with zero attached hydrogens (tertiary/aromatic N) is 3. The van der Waals surface area contributed by atoms with Crippen molar-refractivity contribution in [3.8, 4) is 11.5 Å². The maximum atomic E-state index is 9.56. The minimum Gasteiger partial charge on any atom is -0.504 e. The number of nitrogens with one attached hydrogen (secondary N) is 1. The zero-order valence-electron chi connectivity index (χ0n) is 8.55. The molecule has 0 aliphatic carbocycles. The number of aromatic nitrogens is 3. The van der Waals surface area contributed by atoms with Crippen molar-refractivity contribution in [3.05, 3.63) is 18.2 Å². The molecule has 7 heteroatoms. The number of aromatic hydroxyl groups is 2. The highest BCUT2D eigenvalue weighted by Gasteiger charge is 2.10. The van der Waals surface area contributed by atoms with Gasteiger partial charge < -0.3 is 21.3 Å². The molecule has 0 aliphatic rings. The lowest BCUT2D eigenvalue weighted by Gasteiger charge is -2.08. The van der Waals surface area contributed by atoms with Crippen molar-refractivity contribution in [1.82, 2.24) is 14.8 Å². The van der Waals surface area contributed by atoms with Gasteiger partial charge in [-0.1, -0.05) is 6.07 Å². The first kappa shape index (κ1) is 10.1. The summed E-state index contributed by atoms with van der Waals surface area (Å²) in [5.41, 5.74) is 5.83. The first-order chi connectivity index (χ1) is 7.59. The van der Waals surface area contributed by atoms with E-state index in [0.29, 0.717) is 11.6 Å². The Hall–Kier alpha value is -2.44. The molecule has 0 aliphatic heterocycles. The van der Waals surface area contributed by atoms with Gasteiger partial charge in [-0.3, -0.25) is 4.57 Å². The Labute approximate surface area is 91.2 Å². The molecule has 0 radical (unpaired) electrons. The van der Waals surface area contributed by atoms with Crippen LogP contribution >= 0.6 is 0 Å². The number of nitrogens with two attached hydrogens (primary N) is 1. The molecule has 0 saturated heterocycles. The number of para-hydroxylation sites is 1. The topological polar surface area (TPSA) is 109 Å². The lowest BCUT2D eigenvalue weighted by Crippen LogP contribution is -2.02. The van der Waals surface area contributed by atoms with Crippen molar-refractivity contribution in [2.24, 2.45) is 7.05 Å². The Bertz CT molecular complexity index is 523. The Morgan fingerprint density at radius 1 is 1.31 bits per heavy atom. The molecule has 0 atom stereocenters. The molecule has 1 heterocycles. The molecule has 2 rings (SSSR count). The molecule has 0 spiro atoms. The van der Waals surface area contributed by atoms with Crippen LogP contribution in [0.1, 0.15) is 0 Å². The van der Waals surface area contributed by atoms with Gasteiger partial charge >= 0.3 is 0 Å². The van der Waals surface area contributed by atoms with Crippen LogP contribution in [-0.4, -0.2) is 25.0 Å². The molecule has 1 aromatic heterocycles. The second-order valence-corrected chi connectivity index (χ2v) is 3.24. The van der Waals surface area contributed by atoms with Crippen LogP contribution in [0, 0.1) is 0 Å². The highest BCUT2D eigenvalue weighted by atomic mass is 16.3. The van der Waals surface area contributed by atoms with Crippen molar-refractivity contribution in [1.29, 1.82) is 0 Å². The van der Waals surface area contributed by atoms with Gasteiger partial charge in [0.15, 0.2) is 11.5 Å². The molecule has 0 fully saturated rings. The van der Waals surface area contributed by atoms with Crippen molar-refractivity contribution in [2.75, 3.05) is 11.1 Å². The third-order valence-electron chi connectivity index (χ3n) is 2.17. The van der Waals surface area contributed by atoms with Crippen molar-refractivity contribution in [2.45, 2.75) is 0 Å². The third kappa shape index (κ3) is 1.58. The summed E-state index contributed by atoms with van der Waals surface area (Å²) >= 11 is 0. The Morgan fingerprint density at radius 3 is 2.69 bits per heavy atom. The van der Waals surface area contributed by atoms with E-state index in [9.17, 15) is 10.2 Å². The van der Waals surface area contributed by atoms with E-state index in [2.05, 4.69) is 15.5 Å². The third-order valence-corrected chi connectivity index (χ3v) is 2.17. The molecule has 84 valence electrons. The van der Waals surface area contributed by atoms with Crippen molar-refractivity contribution < 1.29 is 10.2 Å². The number of hydrogen-bond donors (Lipinski definition) is 4. The number of anilines is 3. The van der Waals surface area contributed by atoms with E-state index in [-0.39, 0.29) is 17.4 Å². The Morgan fingerprint density at radius 2 is 2.06 bits per heavy atom. The molecule has 5 N–H and O–H groups in total. The normalized spacial score (nSPS) is 10.3. The first-order valence-corrected chi connectivity index (χ1v) is 4.52. The van der Waals surface area contributed by atoms with E-state index in [1.807, 2.05) is 0 Å². The van der Waals surface area contributed by atoms with Gasteiger partial charge in [0.2, 0.25) is 11.9 Å². The molecular weight excluding hydrogens is 210 g/mol. The fraction of sp³-hybridized carbons (Fsp3) is 0.111. The minimum absolute atomic E-state index is 0.208. The van der Waals surface area contributed by atoms with Crippen LogP contribution in [0.2, 0.25) is 0 Å². The summed E-state index contributed by atoms with van der Waals surface area (Å²) in [6.45, 7) is 0. The molecule has 7 nitrogen and oxygen atoms in total. The lowest BCUT2D eigenvalue weighted by molar-refractivity contribution is 0.405. The molecule has 0 unspecified atom stereocenters. The van der Waals surface area contributed by atoms with Crippen LogP contribution in [-0.2, 0) is 7.05 Å². The van der Waals surface area contributed by atoms with Crippen LogP contribution in [0.25, 0.3) is 0 Å². The molecule has 1 aromatic carbocycles. The van der Waals surface area contributed by atoms with E-state index < -0.39 is 0 Å². The van der Waals surface area contributed by atoms with E-state index in [1.165, 1.54) is 10.6 Å². The van der Waals surface area contributed by atoms with Crippen molar-refractivity contribution in [3.63, 3.8) is 0 Å². The smallest absolute Gasteiger partial charge is 0.230 e. The fourth-order valence-corrected chi connectivity index (χ4v) is 1.20. The van der Waals surface area contributed by atoms with Crippen LogP contribution in [0.5, 0.6) is 11.5 Å². The first-order valence-electron chi connectivity index (χ1n) is 4.52. The van der Waals surface area contributed by atoms with Gasteiger partial charge in [0, 0.05) is 7.05 Å². The zero-order valence-corrected chi connectivity index (χ0v) is 8.55. The number of phenols is 2. The average Bonchev–Trinajstić information content (AvgIpc) is 2.57. The SMILES string of the molecule is Cn1c(N)nnc1Nc1cccc(O)c1O. The van der Waals surface area contributed by atoms with E-state index in [0.717, 1.165) is 0 Å². The molecule has 2 aromatic rings. The summed E-state index contributed by atoms with van der Waals surface area (Å²) in [5.74, 6) is 0.171. The number of benzene rings is 1. The maximum absolute atomic E-state index is 9.56. The van der Waals surface area contributed by atoms with Gasteiger partial charge in [0.25, 0.3) is 0 Å². The number of rotatable bonds is 2. The number of nitrogen functional groups attached to an aromatic ring is 1. The van der Waals surface area contributed by atoms with Gasteiger partial charge in [0.1, 0.15) is 0 Å². The number of hydrogen-bond acceptors (Lipinski definition) is 6. The Balaban J connectivity index is 2.34. The van der Waals surface area contributed by atoms with Gasteiger partial charge in [-0.25, -0.2) is 0 Å². The molecule has 0 saturated carbocycles. The van der Waals surface area contributed by atoms with Crippen molar-refractivity contribution >= 4 is 17.6 Å². The molecule has 16 heavy (non-hydrogen) atoms. The minimum atomic E-state index is -0.246. The summed E-state index contributed by atoms with van der Waals surface area (Å²) in [5, 5.41) is 29.1. The maximum Gasteiger partial charge on any atom is 0.230 e.